The minimum absolute atomic E-state index is 0.243. The van der Waals surface area contributed by atoms with Crippen molar-refractivity contribution in [2.24, 2.45) is 0 Å². The highest BCUT2D eigenvalue weighted by Crippen LogP contribution is 2.34. The number of fused-ring (bicyclic) bond motifs is 1. The Morgan fingerprint density at radius 1 is 1.56 bits per heavy atom. The van der Waals surface area contributed by atoms with Crippen molar-refractivity contribution in [1.29, 1.82) is 0 Å². The standard InChI is InChI=1S/C9H10BrNO4S/c1-5(12)9-7-4-6(10)2-3-8(7)15-16(13,14)11-9/h2-5,9,11-12H,1H3/t5-,9+/m1/s1. The van der Waals surface area contributed by atoms with Crippen LogP contribution in [0, 0.1) is 0 Å². The molecule has 0 unspecified atom stereocenters. The summed E-state index contributed by atoms with van der Waals surface area (Å²) in [5.74, 6) is 0.243. The third-order valence-corrected chi connectivity index (χ3v) is 3.69. The van der Waals surface area contributed by atoms with E-state index >= 15 is 0 Å². The summed E-state index contributed by atoms with van der Waals surface area (Å²) in [5.41, 5.74) is 0.610. The third kappa shape index (κ3) is 2.22. The Morgan fingerprint density at radius 3 is 2.88 bits per heavy atom. The van der Waals surface area contributed by atoms with E-state index in [-0.39, 0.29) is 5.75 Å². The van der Waals surface area contributed by atoms with Gasteiger partial charge in [0.25, 0.3) is 0 Å². The van der Waals surface area contributed by atoms with Crippen molar-refractivity contribution in [1.82, 2.24) is 4.72 Å². The number of benzene rings is 1. The van der Waals surface area contributed by atoms with Gasteiger partial charge in [-0.05, 0) is 25.1 Å². The van der Waals surface area contributed by atoms with Gasteiger partial charge in [0.1, 0.15) is 5.75 Å². The van der Waals surface area contributed by atoms with Crippen LogP contribution in [0.1, 0.15) is 18.5 Å². The number of aliphatic hydroxyl groups is 1. The van der Waals surface area contributed by atoms with E-state index in [2.05, 4.69) is 20.7 Å². The fourth-order valence-corrected chi connectivity index (χ4v) is 3.01. The zero-order chi connectivity index (χ0) is 11.9. The van der Waals surface area contributed by atoms with Crippen LogP contribution in [0.2, 0.25) is 0 Å². The van der Waals surface area contributed by atoms with Crippen molar-refractivity contribution in [2.75, 3.05) is 0 Å². The lowest BCUT2D eigenvalue weighted by molar-refractivity contribution is 0.151. The number of nitrogens with one attached hydrogen (secondary N) is 1. The summed E-state index contributed by atoms with van der Waals surface area (Å²) < 4.78 is 30.5. The molecule has 1 heterocycles. The van der Waals surface area contributed by atoms with Crippen LogP contribution in [0.15, 0.2) is 22.7 Å². The van der Waals surface area contributed by atoms with Crippen LogP contribution in [-0.4, -0.2) is 19.6 Å². The number of halogens is 1. The summed E-state index contributed by atoms with van der Waals surface area (Å²) in [7, 11) is -3.83. The van der Waals surface area contributed by atoms with Crippen LogP contribution in [0.4, 0.5) is 0 Å². The highest BCUT2D eigenvalue weighted by atomic mass is 79.9. The minimum atomic E-state index is -3.83. The molecule has 2 atom stereocenters. The second-order valence-electron chi connectivity index (χ2n) is 3.56. The Balaban J connectivity index is 2.56. The number of hydrogen-bond acceptors (Lipinski definition) is 4. The van der Waals surface area contributed by atoms with Crippen molar-refractivity contribution >= 4 is 26.2 Å². The molecule has 1 aromatic carbocycles. The van der Waals surface area contributed by atoms with E-state index in [4.69, 9.17) is 4.18 Å². The van der Waals surface area contributed by atoms with Gasteiger partial charge in [-0.15, -0.1) is 0 Å². The Morgan fingerprint density at radius 2 is 2.25 bits per heavy atom. The molecule has 0 saturated heterocycles. The highest BCUT2D eigenvalue weighted by Gasteiger charge is 2.33. The molecule has 0 spiro atoms. The van der Waals surface area contributed by atoms with Crippen LogP contribution in [-0.2, 0) is 10.3 Å². The van der Waals surface area contributed by atoms with E-state index in [0.717, 1.165) is 4.47 Å². The monoisotopic (exact) mass is 307 g/mol. The van der Waals surface area contributed by atoms with Crippen molar-refractivity contribution < 1.29 is 17.7 Å². The predicted molar refractivity (Wildman–Crippen MR) is 61.2 cm³/mol. The van der Waals surface area contributed by atoms with Gasteiger partial charge in [0.05, 0.1) is 12.1 Å². The van der Waals surface area contributed by atoms with Crippen LogP contribution in [0.25, 0.3) is 0 Å². The maximum Gasteiger partial charge on any atom is 0.383 e. The Bertz CT molecular complexity index is 514. The minimum Gasteiger partial charge on any atom is -0.391 e. The first-order chi connectivity index (χ1) is 7.39. The molecule has 7 heteroatoms. The lowest BCUT2D eigenvalue weighted by Crippen LogP contribution is -2.41. The van der Waals surface area contributed by atoms with Gasteiger partial charge < -0.3 is 9.29 Å². The van der Waals surface area contributed by atoms with E-state index < -0.39 is 22.4 Å². The molecule has 0 saturated carbocycles. The molecule has 16 heavy (non-hydrogen) atoms. The summed E-state index contributed by atoms with van der Waals surface area (Å²) >= 11 is 3.28. The fraction of sp³-hybridized carbons (Fsp3) is 0.333. The van der Waals surface area contributed by atoms with Gasteiger partial charge in [0.15, 0.2) is 0 Å². The lowest BCUT2D eigenvalue weighted by atomic mass is 10.0. The maximum atomic E-state index is 11.4. The second-order valence-corrected chi connectivity index (χ2v) is 5.78. The first-order valence-electron chi connectivity index (χ1n) is 4.58. The molecule has 2 N–H and O–H groups in total. The number of aliphatic hydroxyl groups excluding tert-OH is 1. The molecule has 1 aromatic rings. The Hall–Kier alpha value is -0.630. The zero-order valence-electron chi connectivity index (χ0n) is 8.34. The topological polar surface area (TPSA) is 75.6 Å². The van der Waals surface area contributed by atoms with Crippen molar-refractivity contribution in [3.05, 3.63) is 28.2 Å². The van der Waals surface area contributed by atoms with Gasteiger partial charge in [0.2, 0.25) is 0 Å². The van der Waals surface area contributed by atoms with Gasteiger partial charge in [0, 0.05) is 10.0 Å². The average molecular weight is 308 g/mol. The molecule has 2 rings (SSSR count). The average Bonchev–Trinajstić information content (AvgIpc) is 2.16. The molecule has 1 aliphatic heterocycles. The quantitative estimate of drug-likeness (QED) is 0.814. The molecule has 0 bridgehead atoms. The molecule has 0 amide bonds. The molecule has 1 aliphatic rings. The smallest absolute Gasteiger partial charge is 0.383 e. The van der Waals surface area contributed by atoms with Crippen LogP contribution in [0.3, 0.4) is 0 Å². The molecule has 0 fully saturated rings. The summed E-state index contributed by atoms with van der Waals surface area (Å²) in [5, 5.41) is 9.55. The molecule has 0 radical (unpaired) electrons. The molecule has 0 aliphatic carbocycles. The summed E-state index contributed by atoms with van der Waals surface area (Å²) in [6.07, 6.45) is -0.841. The fourth-order valence-electron chi connectivity index (χ4n) is 1.56. The van der Waals surface area contributed by atoms with Crippen LogP contribution >= 0.6 is 15.9 Å². The normalized spacial score (nSPS) is 24.3. The van der Waals surface area contributed by atoms with Crippen molar-refractivity contribution in [2.45, 2.75) is 19.1 Å². The molecular formula is C9H10BrNO4S. The van der Waals surface area contributed by atoms with Crippen molar-refractivity contribution in [3.8, 4) is 5.75 Å². The van der Waals surface area contributed by atoms with E-state index in [9.17, 15) is 13.5 Å². The van der Waals surface area contributed by atoms with E-state index in [0.29, 0.717) is 5.56 Å². The molecule has 5 nitrogen and oxygen atoms in total. The number of hydrogen-bond donors (Lipinski definition) is 2. The summed E-state index contributed by atoms with van der Waals surface area (Å²) in [6, 6.07) is 4.26. The zero-order valence-corrected chi connectivity index (χ0v) is 10.7. The molecule has 88 valence electrons. The first kappa shape index (κ1) is 11.8. The Kier molecular flexibility index (Phi) is 2.95. The maximum absolute atomic E-state index is 11.4. The number of rotatable bonds is 1. The first-order valence-corrected chi connectivity index (χ1v) is 6.78. The predicted octanol–water partition coefficient (Wildman–Crippen LogP) is 1.10. The van der Waals surface area contributed by atoms with E-state index in [1.165, 1.54) is 6.92 Å². The van der Waals surface area contributed by atoms with E-state index in [1.54, 1.807) is 18.2 Å². The van der Waals surface area contributed by atoms with Crippen LogP contribution in [0.5, 0.6) is 5.75 Å². The van der Waals surface area contributed by atoms with Gasteiger partial charge in [-0.2, -0.15) is 13.1 Å². The summed E-state index contributed by atoms with van der Waals surface area (Å²) in [6.45, 7) is 1.52. The highest BCUT2D eigenvalue weighted by molar-refractivity contribution is 9.10. The Labute approximate surface area is 102 Å². The van der Waals surface area contributed by atoms with Crippen molar-refractivity contribution in [3.63, 3.8) is 0 Å². The van der Waals surface area contributed by atoms with Gasteiger partial charge in [-0.3, -0.25) is 0 Å². The largest absolute Gasteiger partial charge is 0.391 e. The second kappa shape index (κ2) is 3.99. The van der Waals surface area contributed by atoms with E-state index in [1.807, 2.05) is 0 Å². The summed E-state index contributed by atoms with van der Waals surface area (Å²) in [4.78, 5) is 0. The molecular weight excluding hydrogens is 298 g/mol. The third-order valence-electron chi connectivity index (χ3n) is 2.26. The van der Waals surface area contributed by atoms with Gasteiger partial charge in [-0.1, -0.05) is 15.9 Å². The van der Waals surface area contributed by atoms with Gasteiger partial charge in [-0.25, -0.2) is 0 Å². The van der Waals surface area contributed by atoms with Gasteiger partial charge >= 0.3 is 10.3 Å². The lowest BCUT2D eigenvalue weighted by Gasteiger charge is -2.28. The molecule has 0 aromatic heterocycles. The van der Waals surface area contributed by atoms with Crippen LogP contribution < -0.4 is 8.91 Å². The SMILES string of the molecule is C[C@@H](O)[C@@H]1NS(=O)(=O)Oc2ccc(Br)cc21.